The molecule has 0 atom stereocenters. The topological polar surface area (TPSA) is 142 Å². The summed E-state index contributed by atoms with van der Waals surface area (Å²) in [7, 11) is -3.87. The van der Waals surface area contributed by atoms with Gasteiger partial charge < -0.3 is 9.40 Å². The van der Waals surface area contributed by atoms with Crippen LogP contribution in [-0.4, -0.2) is 40.8 Å². The van der Waals surface area contributed by atoms with Crippen LogP contribution in [-0.2, 0) is 32.6 Å². The van der Waals surface area contributed by atoms with Crippen LogP contribution in [0.2, 0.25) is 0 Å². The standard InChI is InChI=1S/C20H18N4O6S/c1-2-23-16-8-7-12(31(21,28)29)11-15(16)22-17(23)9-10-18(25)30-24-19(26)13-5-3-4-6-14(13)20(24)27/h3-8,11H,2,9-10H2,1H3,(H2,21,28,29). The van der Waals surface area contributed by atoms with Gasteiger partial charge in [-0.25, -0.2) is 23.3 Å². The first-order chi connectivity index (χ1) is 14.7. The van der Waals surface area contributed by atoms with Crippen LogP contribution in [0.3, 0.4) is 0 Å². The van der Waals surface area contributed by atoms with Crippen molar-refractivity contribution >= 4 is 38.8 Å². The van der Waals surface area contributed by atoms with Crippen molar-refractivity contribution in [1.82, 2.24) is 14.6 Å². The second-order valence-corrected chi connectivity index (χ2v) is 8.44. The van der Waals surface area contributed by atoms with E-state index in [1.807, 2.05) is 11.5 Å². The van der Waals surface area contributed by atoms with Gasteiger partial charge in [-0.3, -0.25) is 9.59 Å². The quantitative estimate of drug-likeness (QED) is 0.569. The summed E-state index contributed by atoms with van der Waals surface area (Å²) in [6.07, 6.45) is 0.0218. The predicted molar refractivity (Wildman–Crippen MR) is 108 cm³/mol. The SMILES string of the molecule is CCn1c(CCC(=O)ON2C(=O)c3ccccc3C2=O)nc2cc(S(N)(=O)=O)ccc21. The summed E-state index contributed by atoms with van der Waals surface area (Å²) < 4.78 is 25.0. The molecule has 1 aliphatic rings. The van der Waals surface area contributed by atoms with Crippen molar-refractivity contribution in [2.45, 2.75) is 31.2 Å². The highest BCUT2D eigenvalue weighted by Crippen LogP contribution is 2.24. The Morgan fingerprint density at radius 2 is 1.74 bits per heavy atom. The van der Waals surface area contributed by atoms with E-state index >= 15 is 0 Å². The van der Waals surface area contributed by atoms with Crippen LogP contribution >= 0.6 is 0 Å². The van der Waals surface area contributed by atoms with E-state index in [0.29, 0.717) is 28.5 Å². The fraction of sp³-hybridized carbons (Fsp3) is 0.200. The first-order valence-electron chi connectivity index (χ1n) is 9.41. The molecule has 31 heavy (non-hydrogen) atoms. The molecular weight excluding hydrogens is 424 g/mol. The summed E-state index contributed by atoms with van der Waals surface area (Å²) in [5.74, 6) is -1.62. The second-order valence-electron chi connectivity index (χ2n) is 6.88. The van der Waals surface area contributed by atoms with Gasteiger partial charge >= 0.3 is 5.97 Å². The molecule has 2 N–H and O–H groups in total. The van der Waals surface area contributed by atoms with Gasteiger partial charge in [-0.1, -0.05) is 17.2 Å². The molecule has 2 amide bonds. The highest BCUT2D eigenvalue weighted by molar-refractivity contribution is 7.89. The third-order valence-corrected chi connectivity index (χ3v) is 5.86. The lowest BCUT2D eigenvalue weighted by Gasteiger charge is -2.12. The molecule has 0 fully saturated rings. The molecule has 0 unspecified atom stereocenters. The Bertz CT molecular complexity index is 1310. The number of nitrogens with zero attached hydrogens (tertiary/aromatic N) is 3. The largest absolute Gasteiger partial charge is 0.333 e. The van der Waals surface area contributed by atoms with Crippen molar-refractivity contribution < 1.29 is 27.6 Å². The molecule has 11 heteroatoms. The van der Waals surface area contributed by atoms with Crippen LogP contribution in [0, 0.1) is 0 Å². The minimum absolute atomic E-state index is 0.0580. The minimum atomic E-state index is -3.87. The van der Waals surface area contributed by atoms with Crippen molar-refractivity contribution in [2.75, 3.05) is 0 Å². The van der Waals surface area contributed by atoms with E-state index in [9.17, 15) is 22.8 Å². The lowest BCUT2D eigenvalue weighted by atomic mass is 10.1. The Morgan fingerprint density at radius 1 is 1.10 bits per heavy atom. The summed E-state index contributed by atoms with van der Waals surface area (Å²) in [6.45, 7) is 2.42. The van der Waals surface area contributed by atoms with Gasteiger partial charge in [-0.15, -0.1) is 0 Å². The summed E-state index contributed by atoms with van der Waals surface area (Å²) in [6, 6.07) is 10.6. The molecule has 0 saturated carbocycles. The van der Waals surface area contributed by atoms with Crippen molar-refractivity contribution in [1.29, 1.82) is 0 Å². The number of amides is 2. The van der Waals surface area contributed by atoms with Gasteiger partial charge in [-0.05, 0) is 37.3 Å². The van der Waals surface area contributed by atoms with Crippen molar-refractivity contribution in [3.05, 3.63) is 59.4 Å². The maximum absolute atomic E-state index is 12.3. The smallest absolute Gasteiger partial charge is 0.330 e. The van der Waals surface area contributed by atoms with Gasteiger partial charge in [0.1, 0.15) is 5.82 Å². The average molecular weight is 442 g/mol. The molecule has 1 aliphatic heterocycles. The van der Waals surface area contributed by atoms with Crippen LogP contribution in [0.5, 0.6) is 0 Å². The molecular formula is C20H18N4O6S. The molecule has 160 valence electrons. The maximum Gasteiger partial charge on any atom is 0.333 e. The number of carbonyl (C=O) groups excluding carboxylic acids is 3. The molecule has 3 aromatic rings. The summed E-state index contributed by atoms with van der Waals surface area (Å²) >= 11 is 0. The van der Waals surface area contributed by atoms with Gasteiger partial charge in [0.05, 0.1) is 33.5 Å². The lowest BCUT2D eigenvalue weighted by Crippen LogP contribution is -2.32. The zero-order valence-electron chi connectivity index (χ0n) is 16.4. The molecule has 4 rings (SSSR count). The number of imidazole rings is 1. The fourth-order valence-corrected chi connectivity index (χ4v) is 4.03. The molecule has 0 radical (unpaired) electrons. The van der Waals surface area contributed by atoms with Gasteiger partial charge in [0.15, 0.2) is 0 Å². The first kappa shape index (κ1) is 20.7. The second kappa shape index (κ2) is 7.60. The number of hydroxylamine groups is 2. The fourth-order valence-electron chi connectivity index (χ4n) is 3.49. The highest BCUT2D eigenvalue weighted by Gasteiger charge is 2.38. The average Bonchev–Trinajstić information content (AvgIpc) is 3.21. The zero-order chi connectivity index (χ0) is 22.3. The van der Waals surface area contributed by atoms with E-state index in [-0.39, 0.29) is 28.9 Å². The molecule has 0 spiro atoms. The zero-order valence-corrected chi connectivity index (χ0v) is 17.3. The molecule has 10 nitrogen and oxygen atoms in total. The number of rotatable bonds is 6. The van der Waals surface area contributed by atoms with Crippen molar-refractivity contribution in [2.24, 2.45) is 5.14 Å². The number of aryl methyl sites for hydroxylation is 2. The molecule has 0 bridgehead atoms. The molecule has 1 aromatic heterocycles. The van der Waals surface area contributed by atoms with Crippen LogP contribution < -0.4 is 5.14 Å². The van der Waals surface area contributed by atoms with E-state index in [1.165, 1.54) is 24.3 Å². The number of nitrogens with two attached hydrogens (primary N) is 1. The number of fused-ring (bicyclic) bond motifs is 2. The molecule has 0 saturated heterocycles. The Kier molecular flexibility index (Phi) is 5.07. The normalized spacial score (nSPS) is 13.7. The number of carbonyl (C=O) groups is 3. The van der Waals surface area contributed by atoms with Crippen LogP contribution in [0.4, 0.5) is 0 Å². The number of sulfonamides is 1. The summed E-state index contributed by atoms with van der Waals surface area (Å²) in [5.41, 5.74) is 1.48. The highest BCUT2D eigenvalue weighted by atomic mass is 32.2. The van der Waals surface area contributed by atoms with Gasteiger partial charge in [0.2, 0.25) is 10.0 Å². The monoisotopic (exact) mass is 442 g/mol. The Balaban J connectivity index is 1.50. The Labute approximate surface area is 177 Å². The predicted octanol–water partition coefficient (Wildman–Crippen LogP) is 1.39. The maximum atomic E-state index is 12.3. The van der Waals surface area contributed by atoms with E-state index in [1.54, 1.807) is 18.2 Å². The summed E-state index contributed by atoms with van der Waals surface area (Å²) in [5, 5.41) is 5.64. The third-order valence-electron chi connectivity index (χ3n) is 4.95. The van der Waals surface area contributed by atoms with E-state index in [4.69, 9.17) is 9.98 Å². The molecule has 0 aliphatic carbocycles. The first-order valence-corrected chi connectivity index (χ1v) is 11.0. The van der Waals surface area contributed by atoms with Crippen molar-refractivity contribution in [3.63, 3.8) is 0 Å². The van der Waals surface area contributed by atoms with E-state index in [0.717, 1.165) is 0 Å². The number of hydrogen-bond acceptors (Lipinski definition) is 7. The minimum Gasteiger partial charge on any atom is -0.330 e. The van der Waals surface area contributed by atoms with Crippen LogP contribution in [0.25, 0.3) is 11.0 Å². The number of benzene rings is 2. The van der Waals surface area contributed by atoms with Crippen molar-refractivity contribution in [3.8, 4) is 0 Å². The van der Waals surface area contributed by atoms with E-state index < -0.39 is 27.8 Å². The van der Waals surface area contributed by atoms with E-state index in [2.05, 4.69) is 4.98 Å². The summed E-state index contributed by atoms with van der Waals surface area (Å²) in [4.78, 5) is 46.3. The van der Waals surface area contributed by atoms with Crippen LogP contribution in [0.15, 0.2) is 47.4 Å². The van der Waals surface area contributed by atoms with Gasteiger partial charge in [-0.2, -0.15) is 0 Å². The number of imide groups is 1. The lowest BCUT2D eigenvalue weighted by molar-refractivity contribution is -0.168. The Hall–Kier alpha value is -3.57. The van der Waals surface area contributed by atoms with Gasteiger partial charge in [0, 0.05) is 13.0 Å². The number of aromatic nitrogens is 2. The van der Waals surface area contributed by atoms with Crippen LogP contribution in [0.1, 0.15) is 39.9 Å². The molecule has 2 heterocycles. The number of hydrogen-bond donors (Lipinski definition) is 1. The van der Waals surface area contributed by atoms with Gasteiger partial charge in [0.25, 0.3) is 11.8 Å². The Morgan fingerprint density at radius 3 is 2.32 bits per heavy atom. The molecule has 2 aromatic carbocycles. The number of primary sulfonamides is 1. The third kappa shape index (κ3) is 3.68.